The quantitative estimate of drug-likeness (QED) is 0.244. The van der Waals surface area contributed by atoms with Crippen LogP contribution in [0.1, 0.15) is 19.3 Å². The van der Waals surface area contributed by atoms with Crippen LogP contribution < -0.4 is 5.32 Å². The molecule has 1 fully saturated rings. The summed E-state index contributed by atoms with van der Waals surface area (Å²) in [5.74, 6) is -0.124. The molecule has 0 bridgehead atoms. The van der Waals surface area contributed by atoms with E-state index in [9.17, 15) is 9.18 Å². The molecule has 7 rings (SSSR count). The van der Waals surface area contributed by atoms with Crippen molar-refractivity contribution in [2.75, 3.05) is 5.32 Å². The zero-order valence-electron chi connectivity index (χ0n) is 20.3. The smallest absolute Gasteiger partial charge is 0.227 e. The van der Waals surface area contributed by atoms with Gasteiger partial charge in [-0.25, -0.2) is 4.39 Å². The van der Waals surface area contributed by atoms with Gasteiger partial charge in [-0.15, -0.1) is 0 Å². The van der Waals surface area contributed by atoms with E-state index >= 15 is 0 Å². The molecule has 1 aliphatic rings. The van der Waals surface area contributed by atoms with E-state index in [1.165, 1.54) is 6.07 Å². The van der Waals surface area contributed by atoms with E-state index < -0.39 is 0 Å². The average Bonchev–Trinajstić information content (AvgIpc) is 3.51. The van der Waals surface area contributed by atoms with Crippen LogP contribution in [0.3, 0.4) is 0 Å². The highest BCUT2D eigenvalue weighted by Crippen LogP contribution is 2.35. The molecule has 2 aromatic carbocycles. The molecule has 3 N–H and O–H groups in total. The molecule has 4 aromatic heterocycles. The monoisotopic (exact) mass is 502 g/mol. The van der Waals surface area contributed by atoms with Gasteiger partial charge in [0.05, 0.1) is 35.0 Å². The second kappa shape index (κ2) is 8.92. The van der Waals surface area contributed by atoms with Gasteiger partial charge in [-0.1, -0.05) is 30.7 Å². The molecule has 0 atom stereocenters. The summed E-state index contributed by atoms with van der Waals surface area (Å²) in [7, 11) is 0. The Kier molecular flexibility index (Phi) is 5.25. The highest BCUT2D eigenvalue weighted by Gasteiger charge is 2.25. The minimum atomic E-state index is -0.269. The number of carbonyl (C=O) groups is 1. The molecule has 1 saturated carbocycles. The van der Waals surface area contributed by atoms with E-state index in [1.807, 2.05) is 42.5 Å². The van der Waals surface area contributed by atoms with Crippen molar-refractivity contribution >= 4 is 33.4 Å². The average molecular weight is 503 g/mol. The highest BCUT2D eigenvalue weighted by atomic mass is 19.1. The summed E-state index contributed by atoms with van der Waals surface area (Å²) in [6.45, 7) is 0. The zero-order chi connectivity index (χ0) is 25.6. The van der Waals surface area contributed by atoms with Crippen molar-refractivity contribution in [3.63, 3.8) is 0 Å². The summed E-state index contributed by atoms with van der Waals surface area (Å²) >= 11 is 0. The number of aromatic amines is 2. The summed E-state index contributed by atoms with van der Waals surface area (Å²) in [6, 6.07) is 18.5. The van der Waals surface area contributed by atoms with E-state index in [0.29, 0.717) is 5.69 Å². The third-order valence-electron chi connectivity index (χ3n) is 7.28. The molecule has 0 spiro atoms. The molecular formula is C30H23FN6O. The normalized spacial score (nSPS) is 13.6. The molecule has 0 radical (unpaired) electrons. The van der Waals surface area contributed by atoms with Crippen LogP contribution in [0.25, 0.3) is 55.6 Å². The van der Waals surface area contributed by atoms with Gasteiger partial charge in [-0.2, -0.15) is 5.10 Å². The molecule has 7 nitrogen and oxygen atoms in total. The Morgan fingerprint density at radius 2 is 1.82 bits per heavy atom. The Balaban J connectivity index is 1.26. The molecule has 38 heavy (non-hydrogen) atoms. The Labute approximate surface area is 217 Å². The molecule has 0 saturated heterocycles. The number of benzene rings is 2. The molecule has 6 aromatic rings. The Bertz CT molecular complexity index is 1830. The van der Waals surface area contributed by atoms with Crippen LogP contribution in [0, 0.1) is 11.7 Å². The van der Waals surface area contributed by atoms with Crippen molar-refractivity contribution < 1.29 is 9.18 Å². The number of fused-ring (bicyclic) bond motifs is 2. The first-order valence-electron chi connectivity index (χ1n) is 12.6. The summed E-state index contributed by atoms with van der Waals surface area (Å²) in [4.78, 5) is 24.8. The van der Waals surface area contributed by atoms with Gasteiger partial charge in [0, 0.05) is 34.0 Å². The number of nitrogens with one attached hydrogen (secondary N) is 3. The lowest BCUT2D eigenvalue weighted by Crippen LogP contribution is -2.28. The van der Waals surface area contributed by atoms with Crippen molar-refractivity contribution in [3.05, 3.63) is 85.1 Å². The van der Waals surface area contributed by atoms with Crippen LogP contribution >= 0.6 is 0 Å². The summed E-state index contributed by atoms with van der Waals surface area (Å²) in [5.41, 5.74) is 7.28. The van der Waals surface area contributed by atoms with Gasteiger partial charge in [0.1, 0.15) is 11.5 Å². The first kappa shape index (κ1) is 22.4. The van der Waals surface area contributed by atoms with Gasteiger partial charge in [0.2, 0.25) is 5.91 Å². The minimum Gasteiger partial charge on any atom is -0.353 e. The fourth-order valence-corrected chi connectivity index (χ4v) is 5.03. The largest absolute Gasteiger partial charge is 0.353 e. The third-order valence-corrected chi connectivity index (χ3v) is 7.28. The fourth-order valence-electron chi connectivity index (χ4n) is 5.03. The van der Waals surface area contributed by atoms with Gasteiger partial charge in [-0.3, -0.25) is 19.9 Å². The summed E-state index contributed by atoms with van der Waals surface area (Å²) in [5, 5.41) is 12.5. The molecule has 1 aliphatic carbocycles. The van der Waals surface area contributed by atoms with Crippen LogP contribution in [0.15, 0.2) is 79.3 Å². The van der Waals surface area contributed by atoms with Crippen LogP contribution in [0.2, 0.25) is 0 Å². The summed E-state index contributed by atoms with van der Waals surface area (Å²) < 4.78 is 13.9. The van der Waals surface area contributed by atoms with Crippen LogP contribution in [0.4, 0.5) is 10.1 Å². The maximum Gasteiger partial charge on any atom is 0.227 e. The number of hydrogen-bond acceptors (Lipinski definition) is 4. The zero-order valence-corrected chi connectivity index (χ0v) is 20.3. The highest BCUT2D eigenvalue weighted by molar-refractivity contribution is 6.01. The predicted octanol–water partition coefficient (Wildman–Crippen LogP) is 6.71. The number of aromatic nitrogens is 5. The van der Waals surface area contributed by atoms with Crippen molar-refractivity contribution in [1.82, 2.24) is 25.1 Å². The summed E-state index contributed by atoms with van der Waals surface area (Å²) in [6.07, 6.45) is 8.14. The topological polar surface area (TPSA) is 99.4 Å². The molecule has 4 heterocycles. The van der Waals surface area contributed by atoms with Crippen LogP contribution in [0.5, 0.6) is 0 Å². The molecular weight excluding hydrogens is 479 g/mol. The van der Waals surface area contributed by atoms with Gasteiger partial charge in [-0.05, 0) is 60.4 Å². The Morgan fingerprint density at radius 3 is 2.66 bits per heavy atom. The van der Waals surface area contributed by atoms with Crippen molar-refractivity contribution in [3.8, 4) is 33.8 Å². The van der Waals surface area contributed by atoms with Crippen molar-refractivity contribution in [1.29, 1.82) is 0 Å². The van der Waals surface area contributed by atoms with E-state index in [4.69, 9.17) is 0 Å². The fraction of sp³-hybridized carbons (Fsp3) is 0.133. The number of amides is 1. The molecule has 0 aliphatic heterocycles. The maximum atomic E-state index is 13.9. The number of rotatable bonds is 5. The molecule has 8 heteroatoms. The van der Waals surface area contributed by atoms with Gasteiger partial charge in [0.25, 0.3) is 0 Å². The second-order valence-electron chi connectivity index (χ2n) is 9.73. The first-order valence-corrected chi connectivity index (χ1v) is 12.6. The van der Waals surface area contributed by atoms with E-state index in [-0.39, 0.29) is 17.6 Å². The Morgan fingerprint density at radius 1 is 0.921 bits per heavy atom. The van der Waals surface area contributed by atoms with Gasteiger partial charge < -0.3 is 10.3 Å². The lowest BCUT2D eigenvalue weighted by molar-refractivity contribution is -0.122. The minimum absolute atomic E-state index is 0.0483. The SMILES string of the molecule is O=C(Nc1cncc(-c2cc3c(-c4cc5c(-c6cccc(F)c6)cccc5[nH]4)n[nH]c3cn2)c1)C1CCC1. The number of nitrogens with zero attached hydrogens (tertiary/aromatic N) is 3. The number of halogens is 1. The predicted molar refractivity (Wildman–Crippen MR) is 146 cm³/mol. The lowest BCUT2D eigenvalue weighted by atomic mass is 9.85. The lowest BCUT2D eigenvalue weighted by Gasteiger charge is -2.24. The maximum absolute atomic E-state index is 13.9. The standard InChI is InChI=1S/C30H23FN6O/c31-20-7-2-6-18(10-20)22-8-3-9-25-23(22)12-27(35-25)29-24-13-26(33-16-28(24)36-37-29)19-11-21(15-32-14-19)34-30(38)17-4-1-5-17/h2-3,6-17,35H,1,4-5H2,(H,34,38)(H,36,37). The number of hydrogen-bond donors (Lipinski definition) is 3. The van der Waals surface area contributed by atoms with Gasteiger partial charge in [0.15, 0.2) is 0 Å². The van der Waals surface area contributed by atoms with E-state index in [2.05, 4.69) is 30.5 Å². The van der Waals surface area contributed by atoms with Gasteiger partial charge >= 0.3 is 0 Å². The third kappa shape index (κ3) is 3.91. The number of anilines is 1. The number of H-pyrrole nitrogens is 2. The van der Waals surface area contributed by atoms with Crippen LogP contribution in [-0.4, -0.2) is 31.1 Å². The number of carbonyl (C=O) groups excluding carboxylic acids is 1. The van der Waals surface area contributed by atoms with Crippen molar-refractivity contribution in [2.45, 2.75) is 19.3 Å². The Hall–Kier alpha value is -4.85. The van der Waals surface area contributed by atoms with E-state index in [1.54, 1.807) is 30.7 Å². The second-order valence-corrected chi connectivity index (χ2v) is 9.73. The van der Waals surface area contributed by atoms with Crippen LogP contribution in [-0.2, 0) is 4.79 Å². The molecule has 1 amide bonds. The first-order chi connectivity index (χ1) is 18.6. The van der Waals surface area contributed by atoms with E-state index in [0.717, 1.165) is 74.8 Å². The molecule has 0 unspecified atom stereocenters. The molecule has 186 valence electrons. The number of pyridine rings is 2. The van der Waals surface area contributed by atoms with Crippen molar-refractivity contribution in [2.24, 2.45) is 5.92 Å².